The number of ketones is 1. The van der Waals surface area contributed by atoms with Gasteiger partial charge < -0.3 is 10.2 Å². The Hall–Kier alpha value is -2.13. The Morgan fingerprint density at radius 1 is 1.06 bits per heavy atom. The lowest BCUT2D eigenvalue weighted by Crippen LogP contribution is -2.01. The lowest BCUT2D eigenvalue weighted by Gasteiger charge is -2.05. The van der Waals surface area contributed by atoms with E-state index in [1.165, 1.54) is 12.1 Å². The third-order valence-electron chi connectivity index (χ3n) is 2.53. The van der Waals surface area contributed by atoms with Crippen molar-refractivity contribution in [2.75, 3.05) is 0 Å². The number of phenols is 1. The van der Waals surface area contributed by atoms with Gasteiger partial charge in [0, 0.05) is 5.56 Å². The average molecular weight is 228 g/mol. The minimum atomic E-state index is -0.229. The Morgan fingerprint density at radius 3 is 2.35 bits per heavy atom. The molecule has 0 unspecified atom stereocenters. The number of rotatable bonds is 3. The van der Waals surface area contributed by atoms with Crippen LogP contribution in [0.15, 0.2) is 48.5 Å². The first kappa shape index (κ1) is 11.4. The Bertz CT molecular complexity index is 532. The largest absolute Gasteiger partial charge is 0.507 e. The average Bonchev–Trinajstić information content (AvgIpc) is 2.39. The summed E-state index contributed by atoms with van der Waals surface area (Å²) < 4.78 is 0. The standard InChI is InChI=1S/C14H12O3/c15-9-10-6-7-12(13(16)8-10)14(17)11-4-2-1-3-5-11/h1-8,15-16H,9H2. The van der Waals surface area contributed by atoms with Crippen molar-refractivity contribution in [1.29, 1.82) is 0 Å². The number of hydrogen-bond donors (Lipinski definition) is 2. The van der Waals surface area contributed by atoms with Gasteiger partial charge in [0.1, 0.15) is 5.75 Å². The van der Waals surface area contributed by atoms with E-state index in [-0.39, 0.29) is 23.7 Å². The van der Waals surface area contributed by atoms with Crippen molar-refractivity contribution in [3.63, 3.8) is 0 Å². The zero-order valence-corrected chi connectivity index (χ0v) is 9.13. The van der Waals surface area contributed by atoms with Crippen molar-refractivity contribution < 1.29 is 15.0 Å². The SMILES string of the molecule is O=C(c1ccccc1)c1ccc(CO)cc1O. The molecule has 17 heavy (non-hydrogen) atoms. The van der Waals surface area contributed by atoms with Gasteiger partial charge in [-0.1, -0.05) is 36.4 Å². The first-order chi connectivity index (χ1) is 8.22. The molecule has 2 N–H and O–H groups in total. The van der Waals surface area contributed by atoms with E-state index < -0.39 is 0 Å². The number of phenolic OH excluding ortho intramolecular Hbond substituents is 1. The number of hydrogen-bond acceptors (Lipinski definition) is 3. The number of aliphatic hydroxyl groups is 1. The molecule has 0 saturated heterocycles. The molecule has 0 saturated carbocycles. The van der Waals surface area contributed by atoms with Gasteiger partial charge in [0.05, 0.1) is 12.2 Å². The van der Waals surface area contributed by atoms with Crippen molar-refractivity contribution in [2.45, 2.75) is 6.61 Å². The molecule has 0 spiro atoms. The molecule has 0 radical (unpaired) electrons. The predicted molar refractivity (Wildman–Crippen MR) is 63.9 cm³/mol. The molecule has 3 heteroatoms. The molecule has 3 nitrogen and oxygen atoms in total. The van der Waals surface area contributed by atoms with Crippen LogP contribution in [-0.2, 0) is 6.61 Å². The molecule has 0 atom stereocenters. The fraction of sp³-hybridized carbons (Fsp3) is 0.0714. The smallest absolute Gasteiger partial charge is 0.196 e. The van der Waals surface area contributed by atoms with Gasteiger partial charge in [-0.25, -0.2) is 0 Å². The normalized spacial score (nSPS) is 10.2. The zero-order valence-electron chi connectivity index (χ0n) is 9.13. The van der Waals surface area contributed by atoms with Gasteiger partial charge in [0.25, 0.3) is 0 Å². The molecule has 86 valence electrons. The first-order valence-corrected chi connectivity index (χ1v) is 5.25. The minimum Gasteiger partial charge on any atom is -0.507 e. The lowest BCUT2D eigenvalue weighted by molar-refractivity contribution is 0.103. The monoisotopic (exact) mass is 228 g/mol. The van der Waals surface area contributed by atoms with Crippen LogP contribution in [0.5, 0.6) is 5.75 Å². The number of carbonyl (C=O) groups excluding carboxylic acids is 1. The highest BCUT2D eigenvalue weighted by Gasteiger charge is 2.13. The molecule has 0 heterocycles. The summed E-state index contributed by atoms with van der Waals surface area (Å²) in [6.45, 7) is -0.159. The maximum Gasteiger partial charge on any atom is 0.196 e. The van der Waals surface area contributed by atoms with Gasteiger partial charge in [-0.05, 0) is 17.7 Å². The summed E-state index contributed by atoms with van der Waals surface area (Å²) >= 11 is 0. The molecule has 0 fully saturated rings. The second-order valence-corrected chi connectivity index (χ2v) is 3.70. The third-order valence-corrected chi connectivity index (χ3v) is 2.53. The molecular formula is C14H12O3. The van der Waals surface area contributed by atoms with Crippen LogP contribution in [0.1, 0.15) is 21.5 Å². The third kappa shape index (κ3) is 2.34. The highest BCUT2D eigenvalue weighted by Crippen LogP contribution is 2.22. The molecule has 2 rings (SSSR count). The summed E-state index contributed by atoms with van der Waals surface area (Å²) in [5.74, 6) is -0.335. The quantitative estimate of drug-likeness (QED) is 0.791. The minimum absolute atomic E-state index is 0.106. The molecule has 0 bridgehead atoms. The summed E-state index contributed by atoms with van der Waals surface area (Å²) in [5, 5.41) is 18.6. The van der Waals surface area contributed by atoms with Gasteiger partial charge in [-0.2, -0.15) is 0 Å². The zero-order chi connectivity index (χ0) is 12.3. The summed E-state index contributed by atoms with van der Waals surface area (Å²) in [6, 6.07) is 13.3. The summed E-state index contributed by atoms with van der Waals surface area (Å²) in [6.07, 6.45) is 0. The van der Waals surface area contributed by atoms with E-state index in [1.807, 2.05) is 6.07 Å². The van der Waals surface area contributed by atoms with E-state index >= 15 is 0 Å². The summed E-state index contributed by atoms with van der Waals surface area (Å²) in [7, 11) is 0. The highest BCUT2D eigenvalue weighted by molar-refractivity contribution is 6.10. The fourth-order valence-corrected chi connectivity index (χ4v) is 1.61. The second kappa shape index (κ2) is 4.80. The van der Waals surface area contributed by atoms with E-state index in [2.05, 4.69) is 0 Å². The van der Waals surface area contributed by atoms with Crippen LogP contribution in [0.4, 0.5) is 0 Å². The predicted octanol–water partition coefficient (Wildman–Crippen LogP) is 2.12. The first-order valence-electron chi connectivity index (χ1n) is 5.25. The van der Waals surface area contributed by atoms with Gasteiger partial charge in [-0.15, -0.1) is 0 Å². The van der Waals surface area contributed by atoms with Gasteiger partial charge in [-0.3, -0.25) is 4.79 Å². The van der Waals surface area contributed by atoms with E-state index in [0.29, 0.717) is 11.1 Å². The van der Waals surface area contributed by atoms with E-state index in [1.54, 1.807) is 30.3 Å². The fourth-order valence-electron chi connectivity index (χ4n) is 1.61. The number of aromatic hydroxyl groups is 1. The van der Waals surface area contributed by atoms with Gasteiger partial charge in [0.2, 0.25) is 0 Å². The van der Waals surface area contributed by atoms with Crippen molar-refractivity contribution in [3.8, 4) is 5.75 Å². The second-order valence-electron chi connectivity index (χ2n) is 3.70. The number of carbonyl (C=O) groups is 1. The van der Waals surface area contributed by atoms with Crippen molar-refractivity contribution >= 4 is 5.78 Å². The van der Waals surface area contributed by atoms with Crippen LogP contribution in [0.2, 0.25) is 0 Å². The van der Waals surface area contributed by atoms with Crippen LogP contribution in [-0.4, -0.2) is 16.0 Å². The van der Waals surface area contributed by atoms with E-state index in [4.69, 9.17) is 5.11 Å². The van der Waals surface area contributed by atoms with E-state index in [0.717, 1.165) is 0 Å². The number of aliphatic hydroxyl groups excluding tert-OH is 1. The highest BCUT2D eigenvalue weighted by atomic mass is 16.3. The number of benzene rings is 2. The molecule has 2 aromatic rings. The molecule has 2 aromatic carbocycles. The Morgan fingerprint density at radius 2 is 1.76 bits per heavy atom. The van der Waals surface area contributed by atoms with Crippen LogP contribution < -0.4 is 0 Å². The molecule has 0 aliphatic carbocycles. The summed E-state index contributed by atoms with van der Waals surface area (Å²) in [5.41, 5.74) is 1.35. The van der Waals surface area contributed by atoms with Crippen LogP contribution in [0.3, 0.4) is 0 Å². The Balaban J connectivity index is 2.38. The van der Waals surface area contributed by atoms with Crippen molar-refractivity contribution in [1.82, 2.24) is 0 Å². The van der Waals surface area contributed by atoms with Crippen LogP contribution in [0.25, 0.3) is 0 Å². The Labute approximate surface area is 99.0 Å². The topological polar surface area (TPSA) is 57.5 Å². The van der Waals surface area contributed by atoms with Crippen molar-refractivity contribution in [3.05, 3.63) is 65.2 Å². The van der Waals surface area contributed by atoms with Gasteiger partial charge >= 0.3 is 0 Å². The van der Waals surface area contributed by atoms with Crippen molar-refractivity contribution in [2.24, 2.45) is 0 Å². The lowest BCUT2D eigenvalue weighted by atomic mass is 10.0. The van der Waals surface area contributed by atoms with Crippen LogP contribution >= 0.6 is 0 Å². The molecule has 0 amide bonds. The van der Waals surface area contributed by atoms with Gasteiger partial charge in [0.15, 0.2) is 5.78 Å². The molecule has 0 aromatic heterocycles. The van der Waals surface area contributed by atoms with E-state index in [9.17, 15) is 9.90 Å². The molecular weight excluding hydrogens is 216 g/mol. The summed E-state index contributed by atoms with van der Waals surface area (Å²) in [4.78, 5) is 12.0. The molecule has 0 aliphatic heterocycles. The van der Waals surface area contributed by atoms with Crippen LogP contribution in [0, 0.1) is 0 Å². The maximum absolute atomic E-state index is 12.0. The maximum atomic E-state index is 12.0. The Kier molecular flexibility index (Phi) is 3.21. The molecule has 0 aliphatic rings.